The van der Waals surface area contributed by atoms with Gasteiger partial charge in [-0.1, -0.05) is 12.1 Å². The first-order valence-electron chi connectivity index (χ1n) is 8.89. The van der Waals surface area contributed by atoms with Crippen LogP contribution in [0.5, 0.6) is 0 Å². The Hall–Kier alpha value is -4.21. The van der Waals surface area contributed by atoms with E-state index in [4.69, 9.17) is 5.11 Å². The maximum absolute atomic E-state index is 13.4. The summed E-state index contributed by atoms with van der Waals surface area (Å²) in [6.07, 6.45) is -2.67. The van der Waals surface area contributed by atoms with Gasteiger partial charge in [0.15, 0.2) is 5.69 Å². The van der Waals surface area contributed by atoms with Crippen molar-refractivity contribution in [2.75, 3.05) is 5.32 Å². The Morgan fingerprint density at radius 1 is 1.03 bits per heavy atom. The number of aromatic carboxylic acids is 1. The van der Waals surface area contributed by atoms with Crippen LogP contribution < -0.4 is 5.32 Å². The van der Waals surface area contributed by atoms with Crippen LogP contribution in [0.4, 0.5) is 18.9 Å². The number of carboxylic acids is 1. The lowest BCUT2D eigenvalue weighted by molar-refractivity contribution is -0.143. The summed E-state index contributed by atoms with van der Waals surface area (Å²) in [5.41, 5.74) is -1.16. The third kappa shape index (κ3) is 3.95. The Kier molecular flexibility index (Phi) is 4.90. The van der Waals surface area contributed by atoms with E-state index in [1.165, 1.54) is 24.3 Å². The summed E-state index contributed by atoms with van der Waals surface area (Å²) >= 11 is 0. The fourth-order valence-corrected chi connectivity index (χ4v) is 3.11. The van der Waals surface area contributed by atoms with Crippen LogP contribution in [0, 0.1) is 0 Å². The van der Waals surface area contributed by atoms with Crippen molar-refractivity contribution in [3.63, 3.8) is 0 Å². The van der Waals surface area contributed by atoms with Gasteiger partial charge in [0.25, 0.3) is 5.91 Å². The zero-order valence-electron chi connectivity index (χ0n) is 15.6. The van der Waals surface area contributed by atoms with Crippen LogP contribution in [0.15, 0.2) is 67.0 Å². The first-order chi connectivity index (χ1) is 14.7. The number of halogens is 3. The Bertz CT molecular complexity index is 1310. The van der Waals surface area contributed by atoms with E-state index in [9.17, 15) is 22.8 Å². The van der Waals surface area contributed by atoms with E-state index in [1.54, 1.807) is 36.5 Å². The first kappa shape index (κ1) is 20.1. The van der Waals surface area contributed by atoms with Crippen molar-refractivity contribution >= 4 is 28.5 Å². The van der Waals surface area contributed by atoms with Gasteiger partial charge in [0.05, 0.1) is 17.4 Å². The number of hydrogen-bond donors (Lipinski definition) is 2. The second-order valence-electron chi connectivity index (χ2n) is 6.54. The fourth-order valence-electron chi connectivity index (χ4n) is 3.11. The van der Waals surface area contributed by atoms with Crippen LogP contribution in [0.25, 0.3) is 16.6 Å². The van der Waals surface area contributed by atoms with Gasteiger partial charge in [-0.05, 0) is 42.5 Å². The van der Waals surface area contributed by atoms with Crippen LogP contribution >= 0.6 is 0 Å². The summed E-state index contributed by atoms with van der Waals surface area (Å²) < 4.78 is 40.8. The van der Waals surface area contributed by atoms with Crippen molar-refractivity contribution in [1.82, 2.24) is 14.8 Å². The molecule has 0 aliphatic rings. The molecule has 10 heteroatoms. The lowest BCUT2D eigenvalue weighted by Gasteiger charge is -2.13. The number of nitrogens with zero attached hydrogens (tertiary/aromatic N) is 3. The van der Waals surface area contributed by atoms with Crippen molar-refractivity contribution < 1.29 is 27.9 Å². The van der Waals surface area contributed by atoms with Gasteiger partial charge in [-0.3, -0.25) is 9.78 Å². The minimum Gasteiger partial charge on any atom is -0.478 e. The Morgan fingerprint density at radius 2 is 1.84 bits per heavy atom. The Balaban J connectivity index is 1.66. The van der Waals surface area contributed by atoms with Gasteiger partial charge in [0, 0.05) is 22.8 Å². The number of rotatable bonds is 4. The van der Waals surface area contributed by atoms with E-state index in [0.29, 0.717) is 22.0 Å². The number of aromatic nitrogens is 3. The number of fused-ring (bicyclic) bond motifs is 1. The van der Waals surface area contributed by atoms with Gasteiger partial charge in [0.2, 0.25) is 0 Å². The molecule has 0 aliphatic carbocycles. The number of amides is 1. The molecule has 0 fully saturated rings. The minimum atomic E-state index is -4.94. The number of alkyl halides is 3. The van der Waals surface area contributed by atoms with E-state index < -0.39 is 29.3 Å². The highest BCUT2D eigenvalue weighted by Gasteiger charge is 2.40. The van der Waals surface area contributed by atoms with Crippen molar-refractivity contribution in [3.05, 3.63) is 83.8 Å². The number of pyridine rings is 1. The van der Waals surface area contributed by atoms with Gasteiger partial charge < -0.3 is 10.4 Å². The highest BCUT2D eigenvalue weighted by Crippen LogP contribution is 2.34. The van der Waals surface area contributed by atoms with E-state index in [-0.39, 0.29) is 11.4 Å². The van der Waals surface area contributed by atoms with E-state index in [0.717, 1.165) is 5.39 Å². The fraction of sp³-hybridized carbons (Fsp3) is 0.0476. The predicted molar refractivity (Wildman–Crippen MR) is 105 cm³/mol. The van der Waals surface area contributed by atoms with E-state index in [1.807, 2.05) is 0 Å². The van der Waals surface area contributed by atoms with E-state index >= 15 is 0 Å². The van der Waals surface area contributed by atoms with Crippen molar-refractivity contribution in [1.29, 1.82) is 0 Å². The van der Waals surface area contributed by atoms with Gasteiger partial charge >= 0.3 is 12.1 Å². The number of nitrogens with one attached hydrogen (secondary N) is 1. The van der Waals surface area contributed by atoms with Crippen LogP contribution in [-0.4, -0.2) is 31.7 Å². The Morgan fingerprint density at radius 3 is 2.58 bits per heavy atom. The monoisotopic (exact) mass is 426 g/mol. The molecule has 0 atom stereocenters. The molecule has 0 unspecified atom stereocenters. The summed E-state index contributed by atoms with van der Waals surface area (Å²) in [6, 6.07) is 14.0. The number of hydrogen-bond acceptors (Lipinski definition) is 4. The molecule has 0 radical (unpaired) electrons. The largest absolute Gasteiger partial charge is 0.478 e. The SMILES string of the molecule is O=C(Nc1cccc(-n2ncc(C(=O)O)c2C(F)(F)F)c1)c1ccc2ncccc2c1. The number of carbonyl (C=O) groups excluding carboxylic acids is 1. The number of carbonyl (C=O) groups is 2. The molecule has 2 aromatic carbocycles. The molecule has 0 bridgehead atoms. The number of anilines is 1. The second kappa shape index (κ2) is 7.56. The average Bonchev–Trinajstić information content (AvgIpc) is 3.20. The minimum absolute atomic E-state index is 0.0552. The Labute approximate surface area is 172 Å². The first-order valence-corrected chi connectivity index (χ1v) is 8.89. The normalized spacial score (nSPS) is 11.5. The summed E-state index contributed by atoms with van der Waals surface area (Å²) in [5, 5.41) is 16.0. The molecule has 2 heterocycles. The number of carboxylic acid groups (broad SMARTS) is 1. The maximum Gasteiger partial charge on any atom is 0.434 e. The zero-order chi connectivity index (χ0) is 22.2. The summed E-state index contributed by atoms with van der Waals surface area (Å²) in [5.74, 6) is -2.21. The summed E-state index contributed by atoms with van der Waals surface area (Å²) in [6.45, 7) is 0. The molecule has 0 saturated carbocycles. The molecule has 156 valence electrons. The van der Waals surface area contributed by atoms with Crippen LogP contribution in [0.3, 0.4) is 0 Å². The van der Waals surface area contributed by atoms with Crippen molar-refractivity contribution in [3.8, 4) is 5.69 Å². The zero-order valence-corrected chi connectivity index (χ0v) is 15.6. The highest BCUT2D eigenvalue weighted by molar-refractivity contribution is 6.06. The third-order valence-electron chi connectivity index (χ3n) is 4.48. The van der Waals surface area contributed by atoms with Crippen molar-refractivity contribution in [2.24, 2.45) is 0 Å². The number of benzene rings is 2. The standard InChI is InChI=1S/C21H13F3N4O3/c22-21(23,24)18-16(20(30)31)11-26-28(18)15-5-1-4-14(10-15)27-19(29)13-6-7-17-12(9-13)3-2-8-25-17/h1-11H,(H,27,29)(H,30,31). The lowest BCUT2D eigenvalue weighted by atomic mass is 10.1. The molecule has 2 N–H and O–H groups in total. The molecule has 1 amide bonds. The van der Waals surface area contributed by atoms with Gasteiger partial charge in [0.1, 0.15) is 5.56 Å². The average molecular weight is 426 g/mol. The molecule has 0 aliphatic heterocycles. The smallest absolute Gasteiger partial charge is 0.434 e. The molecule has 2 aromatic heterocycles. The molecular weight excluding hydrogens is 413 g/mol. The molecule has 4 rings (SSSR count). The molecule has 7 nitrogen and oxygen atoms in total. The van der Waals surface area contributed by atoms with Crippen molar-refractivity contribution in [2.45, 2.75) is 6.18 Å². The van der Waals surface area contributed by atoms with Crippen LogP contribution in [0.2, 0.25) is 0 Å². The lowest BCUT2D eigenvalue weighted by Crippen LogP contribution is -2.17. The molecule has 0 saturated heterocycles. The summed E-state index contributed by atoms with van der Waals surface area (Å²) in [4.78, 5) is 28.0. The third-order valence-corrected chi connectivity index (χ3v) is 4.48. The molecule has 0 spiro atoms. The summed E-state index contributed by atoms with van der Waals surface area (Å²) in [7, 11) is 0. The van der Waals surface area contributed by atoms with Gasteiger partial charge in [-0.2, -0.15) is 18.3 Å². The maximum atomic E-state index is 13.4. The predicted octanol–water partition coefficient (Wildman–Crippen LogP) is 4.39. The second-order valence-corrected chi connectivity index (χ2v) is 6.54. The van der Waals surface area contributed by atoms with Crippen LogP contribution in [0.1, 0.15) is 26.4 Å². The molecule has 4 aromatic rings. The quantitative estimate of drug-likeness (QED) is 0.505. The van der Waals surface area contributed by atoms with Crippen LogP contribution in [-0.2, 0) is 6.18 Å². The topological polar surface area (TPSA) is 97.1 Å². The van der Waals surface area contributed by atoms with E-state index in [2.05, 4.69) is 15.4 Å². The molecule has 31 heavy (non-hydrogen) atoms. The van der Waals surface area contributed by atoms with Gasteiger partial charge in [-0.25, -0.2) is 9.48 Å². The van der Waals surface area contributed by atoms with Gasteiger partial charge in [-0.15, -0.1) is 0 Å². The highest BCUT2D eigenvalue weighted by atomic mass is 19.4. The molecular formula is C21H13F3N4O3.